The zero-order valence-electron chi connectivity index (χ0n) is 19.9. The monoisotopic (exact) mass is 470 g/mol. The van der Waals surface area contributed by atoms with Gasteiger partial charge in [0.1, 0.15) is 18.1 Å². The van der Waals surface area contributed by atoms with Crippen LogP contribution in [0.5, 0.6) is 0 Å². The van der Waals surface area contributed by atoms with Gasteiger partial charge < -0.3 is 19.7 Å². The summed E-state index contributed by atoms with van der Waals surface area (Å²) in [6.07, 6.45) is 4.44. The van der Waals surface area contributed by atoms with Crippen LogP contribution < -0.4 is 0 Å². The molecule has 184 valence electrons. The highest BCUT2D eigenvalue weighted by Gasteiger charge is 2.46. The molecule has 3 aliphatic heterocycles. The third kappa shape index (κ3) is 5.09. The molecule has 3 aliphatic rings. The second-order valence-corrected chi connectivity index (χ2v) is 9.29. The summed E-state index contributed by atoms with van der Waals surface area (Å²) in [7, 11) is 0. The van der Waals surface area contributed by atoms with Crippen LogP contribution in [0.25, 0.3) is 5.57 Å². The first-order valence-corrected chi connectivity index (χ1v) is 12.3. The molecular formula is C26H34N2O6. The molecule has 0 aromatic heterocycles. The van der Waals surface area contributed by atoms with Crippen LogP contribution in [0.4, 0.5) is 4.79 Å². The Labute approximate surface area is 200 Å². The van der Waals surface area contributed by atoms with E-state index in [2.05, 4.69) is 11.9 Å². The summed E-state index contributed by atoms with van der Waals surface area (Å²) < 4.78 is 11.9. The van der Waals surface area contributed by atoms with Gasteiger partial charge in [0.05, 0.1) is 18.6 Å². The first-order valence-electron chi connectivity index (χ1n) is 12.3. The third-order valence-electron chi connectivity index (χ3n) is 6.85. The number of carbonyl (C=O) groups excluding carboxylic acids is 2. The minimum absolute atomic E-state index is 0.00594. The number of ketones is 1. The second kappa shape index (κ2) is 10.8. The lowest BCUT2D eigenvalue weighted by molar-refractivity contribution is -0.0646. The van der Waals surface area contributed by atoms with E-state index in [9.17, 15) is 19.8 Å². The smallest absolute Gasteiger partial charge is 0.348 e. The van der Waals surface area contributed by atoms with Crippen LogP contribution in [0.3, 0.4) is 0 Å². The van der Waals surface area contributed by atoms with E-state index in [-0.39, 0.29) is 24.7 Å². The molecule has 8 heteroatoms. The van der Waals surface area contributed by atoms with Gasteiger partial charge in [0, 0.05) is 30.5 Å². The lowest BCUT2D eigenvalue weighted by Crippen LogP contribution is -2.47. The van der Waals surface area contributed by atoms with Gasteiger partial charge in [-0.05, 0) is 18.9 Å². The van der Waals surface area contributed by atoms with Gasteiger partial charge in [0.2, 0.25) is 5.90 Å². The molecule has 0 bridgehead atoms. The highest BCUT2D eigenvalue weighted by atomic mass is 16.5. The summed E-state index contributed by atoms with van der Waals surface area (Å²) in [6, 6.07) is 7.01. The van der Waals surface area contributed by atoms with Gasteiger partial charge in [-0.25, -0.2) is 4.79 Å². The maximum Gasteiger partial charge on any atom is 0.348 e. The number of amides is 2. The number of fused-ring (bicyclic) bond motifs is 1. The molecule has 1 saturated heterocycles. The van der Waals surface area contributed by atoms with Crippen LogP contribution in [0.15, 0.2) is 35.0 Å². The number of benzene rings is 1. The van der Waals surface area contributed by atoms with Crippen LogP contribution in [-0.4, -0.2) is 64.4 Å². The highest BCUT2D eigenvalue weighted by Crippen LogP contribution is 2.41. The Hall–Kier alpha value is -2.55. The fourth-order valence-corrected chi connectivity index (χ4v) is 4.91. The van der Waals surface area contributed by atoms with E-state index in [0.29, 0.717) is 18.0 Å². The molecule has 0 saturated carbocycles. The molecule has 4 atom stereocenters. The number of urea groups is 1. The van der Waals surface area contributed by atoms with Gasteiger partial charge in [-0.1, -0.05) is 56.9 Å². The van der Waals surface area contributed by atoms with Crippen molar-refractivity contribution in [2.75, 3.05) is 13.2 Å². The molecule has 1 unspecified atom stereocenters. The van der Waals surface area contributed by atoms with Crippen LogP contribution >= 0.6 is 0 Å². The van der Waals surface area contributed by atoms with E-state index >= 15 is 0 Å². The number of aliphatic hydroxyl groups excluding tert-OH is 2. The van der Waals surface area contributed by atoms with E-state index in [1.54, 1.807) is 6.92 Å². The van der Waals surface area contributed by atoms with Gasteiger partial charge in [-0.3, -0.25) is 9.69 Å². The molecule has 34 heavy (non-hydrogen) atoms. The van der Waals surface area contributed by atoms with Crippen molar-refractivity contribution < 1.29 is 29.3 Å². The highest BCUT2D eigenvalue weighted by molar-refractivity contribution is 6.05. The zero-order chi connectivity index (χ0) is 24.2. The van der Waals surface area contributed by atoms with E-state index in [1.807, 2.05) is 24.3 Å². The topological polar surface area (TPSA) is 109 Å². The van der Waals surface area contributed by atoms with Crippen molar-refractivity contribution in [2.45, 2.75) is 77.2 Å². The molecule has 2 N–H and O–H groups in total. The average Bonchev–Trinajstić information content (AvgIpc) is 3.37. The number of carbonyl (C=O) groups is 2. The third-order valence-corrected chi connectivity index (χ3v) is 6.85. The lowest BCUT2D eigenvalue weighted by Gasteiger charge is -2.32. The predicted octanol–water partition coefficient (Wildman–Crippen LogP) is 3.91. The second-order valence-electron chi connectivity index (χ2n) is 9.29. The van der Waals surface area contributed by atoms with Crippen LogP contribution in [0.2, 0.25) is 0 Å². The van der Waals surface area contributed by atoms with Crippen molar-refractivity contribution in [1.29, 1.82) is 0 Å². The van der Waals surface area contributed by atoms with E-state index in [4.69, 9.17) is 9.47 Å². The summed E-state index contributed by atoms with van der Waals surface area (Å²) in [5.74, 6) is 0.977. The van der Waals surface area contributed by atoms with Crippen molar-refractivity contribution >= 4 is 23.3 Å². The molecule has 0 radical (unpaired) electrons. The molecule has 1 fully saturated rings. The van der Waals surface area contributed by atoms with Gasteiger partial charge >= 0.3 is 6.03 Å². The summed E-state index contributed by atoms with van der Waals surface area (Å²) >= 11 is 0. The Kier molecular flexibility index (Phi) is 7.80. The minimum Gasteiger partial charge on any atom is -0.446 e. The number of unbranched alkanes of at least 4 members (excludes halogenated alkanes) is 4. The van der Waals surface area contributed by atoms with Gasteiger partial charge in [-0.2, -0.15) is 4.99 Å². The first-order chi connectivity index (χ1) is 16.4. The SMILES string of the molecule is CCCCCCCC1=C(c2ccc(C(C)=O)cc2)C2CN([C@H]3C[C@H](O)[C@@H](CO)O3)C(=O)N=C2O1. The number of aliphatic imine (C=N–C) groups is 1. The molecule has 2 amide bonds. The Morgan fingerprint density at radius 2 is 1.91 bits per heavy atom. The van der Waals surface area contributed by atoms with Gasteiger partial charge in [0.25, 0.3) is 0 Å². The number of ether oxygens (including phenoxy) is 2. The maximum atomic E-state index is 12.8. The molecule has 8 nitrogen and oxygen atoms in total. The number of nitrogens with zero attached hydrogens (tertiary/aromatic N) is 2. The fraction of sp³-hybridized carbons (Fsp3) is 0.577. The minimum atomic E-state index is -0.833. The number of hydrogen-bond acceptors (Lipinski definition) is 6. The predicted molar refractivity (Wildman–Crippen MR) is 127 cm³/mol. The van der Waals surface area contributed by atoms with E-state index < -0.39 is 24.5 Å². The van der Waals surface area contributed by atoms with Crippen molar-refractivity contribution in [1.82, 2.24) is 4.90 Å². The average molecular weight is 471 g/mol. The molecular weight excluding hydrogens is 436 g/mol. The largest absolute Gasteiger partial charge is 0.446 e. The number of rotatable bonds is 10. The number of allylic oxidation sites excluding steroid dienone is 1. The first kappa shape index (κ1) is 24.6. The quantitative estimate of drug-likeness (QED) is 0.396. The van der Waals surface area contributed by atoms with E-state index in [0.717, 1.165) is 36.2 Å². The molecule has 4 rings (SSSR count). The fourth-order valence-electron chi connectivity index (χ4n) is 4.91. The Morgan fingerprint density at radius 3 is 2.56 bits per heavy atom. The summed E-state index contributed by atoms with van der Waals surface area (Å²) in [6.45, 7) is 3.74. The van der Waals surface area contributed by atoms with Gasteiger partial charge in [-0.15, -0.1) is 0 Å². The normalized spacial score (nSPS) is 26.5. The van der Waals surface area contributed by atoms with Crippen molar-refractivity contribution in [3.63, 3.8) is 0 Å². The van der Waals surface area contributed by atoms with Crippen LogP contribution in [-0.2, 0) is 9.47 Å². The zero-order valence-corrected chi connectivity index (χ0v) is 19.9. The Balaban J connectivity index is 1.59. The van der Waals surface area contributed by atoms with Crippen molar-refractivity contribution in [3.8, 4) is 0 Å². The number of Topliss-reactive ketones (excluding diaryl/α,β-unsaturated/α-hetero) is 1. The summed E-state index contributed by atoms with van der Waals surface area (Å²) in [4.78, 5) is 30.3. The van der Waals surface area contributed by atoms with E-state index in [1.165, 1.54) is 24.2 Å². The summed E-state index contributed by atoms with van der Waals surface area (Å²) in [5, 5.41) is 19.6. The number of aliphatic hydroxyl groups is 2. The van der Waals surface area contributed by atoms with Crippen molar-refractivity contribution in [2.24, 2.45) is 10.9 Å². The molecule has 0 spiro atoms. The number of hydrogen-bond donors (Lipinski definition) is 2. The maximum absolute atomic E-state index is 12.8. The van der Waals surface area contributed by atoms with Crippen LogP contribution in [0, 0.1) is 5.92 Å². The van der Waals surface area contributed by atoms with Gasteiger partial charge in [0.15, 0.2) is 5.78 Å². The Bertz CT molecular complexity index is 970. The van der Waals surface area contributed by atoms with Crippen LogP contribution in [0.1, 0.15) is 74.7 Å². The lowest BCUT2D eigenvalue weighted by atomic mass is 9.89. The molecule has 0 aliphatic carbocycles. The molecule has 3 heterocycles. The standard InChI is InChI=1S/C26H34N2O6/c1-3-4-5-6-7-8-21-24(18-11-9-17(10-12-18)16(2)30)19-14-28(26(32)27-25(19)34-21)23-13-20(31)22(15-29)33-23/h9-12,19-20,22-23,29,31H,3-8,13-15H2,1-2H3/t19?,20-,22+,23+/m0/s1. The molecule has 1 aromatic rings. The molecule has 1 aromatic carbocycles. The summed E-state index contributed by atoms with van der Waals surface area (Å²) in [5.41, 5.74) is 2.57. The van der Waals surface area contributed by atoms with Crippen molar-refractivity contribution in [3.05, 3.63) is 41.2 Å². The Morgan fingerprint density at radius 1 is 1.18 bits per heavy atom.